The topological polar surface area (TPSA) is 97.0 Å². The fourth-order valence-corrected chi connectivity index (χ4v) is 4.64. The van der Waals surface area contributed by atoms with Crippen LogP contribution >= 0.6 is 0 Å². The van der Waals surface area contributed by atoms with Crippen LogP contribution in [0.5, 0.6) is 0 Å². The maximum atomic E-state index is 12.8. The van der Waals surface area contributed by atoms with Crippen molar-refractivity contribution >= 4 is 16.0 Å². The number of aromatic carboxylic acids is 1. The van der Waals surface area contributed by atoms with Crippen molar-refractivity contribution in [3.05, 3.63) is 17.1 Å². The van der Waals surface area contributed by atoms with E-state index < -0.39 is 16.0 Å². The van der Waals surface area contributed by atoms with Crippen LogP contribution in [0.1, 0.15) is 35.7 Å². The molecule has 1 aromatic heterocycles. The van der Waals surface area contributed by atoms with Gasteiger partial charge in [-0.15, -0.1) is 0 Å². The largest absolute Gasteiger partial charge is 0.478 e. The minimum absolute atomic E-state index is 0.0907. The molecule has 0 saturated carbocycles. The van der Waals surface area contributed by atoms with Gasteiger partial charge in [-0.1, -0.05) is 0 Å². The average Bonchev–Trinajstić information content (AvgIpc) is 2.63. The van der Waals surface area contributed by atoms with Gasteiger partial charge in [0.05, 0.1) is 12.2 Å². The Morgan fingerprint density at radius 3 is 2.19 bits per heavy atom. The van der Waals surface area contributed by atoms with Crippen LogP contribution in [0.3, 0.4) is 0 Å². The average molecular weight is 317 g/mol. The summed E-state index contributed by atoms with van der Waals surface area (Å²) < 4.78 is 37.6. The SMILES string of the molecule is Cc1oc(C)c(S(=O)(=O)N2CC(C)OC(C)C2)c1C(=O)O. The van der Waals surface area contributed by atoms with E-state index in [1.807, 2.05) is 0 Å². The van der Waals surface area contributed by atoms with E-state index in [2.05, 4.69) is 0 Å². The second-order valence-electron chi connectivity index (χ2n) is 5.30. The van der Waals surface area contributed by atoms with Crippen molar-refractivity contribution < 1.29 is 27.5 Å². The Kier molecular flexibility index (Phi) is 4.14. The second-order valence-corrected chi connectivity index (χ2v) is 7.18. The number of aryl methyl sites for hydroxylation is 2. The Hall–Kier alpha value is -1.38. The number of hydrogen-bond donors (Lipinski definition) is 1. The maximum absolute atomic E-state index is 12.8. The fraction of sp³-hybridized carbons (Fsp3) is 0.615. The molecule has 21 heavy (non-hydrogen) atoms. The molecule has 2 unspecified atom stereocenters. The molecule has 0 bridgehead atoms. The van der Waals surface area contributed by atoms with Gasteiger partial charge in [-0.25, -0.2) is 13.2 Å². The number of rotatable bonds is 3. The number of carboxylic acids is 1. The fourth-order valence-electron chi connectivity index (χ4n) is 2.68. The number of hydrogen-bond acceptors (Lipinski definition) is 5. The van der Waals surface area contributed by atoms with Gasteiger partial charge in [-0.2, -0.15) is 4.31 Å². The van der Waals surface area contributed by atoms with Gasteiger partial charge in [0, 0.05) is 13.1 Å². The third kappa shape index (κ3) is 2.83. The number of carboxylic acid groups (broad SMARTS) is 1. The summed E-state index contributed by atoms with van der Waals surface area (Å²) in [6.45, 7) is 6.85. The molecule has 0 radical (unpaired) electrons. The van der Waals surface area contributed by atoms with Crippen LogP contribution in [0.4, 0.5) is 0 Å². The second kappa shape index (κ2) is 5.43. The summed E-state index contributed by atoms with van der Waals surface area (Å²) in [6.07, 6.45) is -0.491. The summed E-state index contributed by atoms with van der Waals surface area (Å²) in [6, 6.07) is 0. The Labute approximate surface area is 123 Å². The minimum atomic E-state index is -3.93. The molecule has 0 aromatic carbocycles. The Bertz CT molecular complexity index is 652. The zero-order chi connectivity index (χ0) is 15.9. The van der Waals surface area contributed by atoms with E-state index in [9.17, 15) is 18.3 Å². The van der Waals surface area contributed by atoms with Crippen LogP contribution in [-0.2, 0) is 14.8 Å². The molecule has 0 aliphatic carbocycles. The summed E-state index contributed by atoms with van der Waals surface area (Å²) >= 11 is 0. The highest BCUT2D eigenvalue weighted by molar-refractivity contribution is 7.89. The van der Waals surface area contributed by atoms with E-state index >= 15 is 0 Å². The number of furan rings is 1. The van der Waals surface area contributed by atoms with Gasteiger partial charge < -0.3 is 14.3 Å². The van der Waals surface area contributed by atoms with Crippen molar-refractivity contribution in [1.82, 2.24) is 4.31 Å². The van der Waals surface area contributed by atoms with Crippen molar-refractivity contribution in [3.8, 4) is 0 Å². The van der Waals surface area contributed by atoms with Crippen molar-refractivity contribution in [2.45, 2.75) is 44.8 Å². The van der Waals surface area contributed by atoms with Crippen molar-refractivity contribution in [2.24, 2.45) is 0 Å². The van der Waals surface area contributed by atoms with Gasteiger partial charge in [0.15, 0.2) is 0 Å². The Balaban J connectivity index is 2.52. The normalized spacial score (nSPS) is 24.2. The first kappa shape index (κ1) is 16.0. The highest BCUT2D eigenvalue weighted by atomic mass is 32.2. The monoisotopic (exact) mass is 317 g/mol. The molecule has 1 aromatic rings. The molecule has 1 N–H and O–H groups in total. The molecular weight excluding hydrogens is 298 g/mol. The molecule has 1 aliphatic rings. The van der Waals surface area contributed by atoms with Crippen LogP contribution in [-0.4, -0.2) is 49.1 Å². The molecule has 1 fully saturated rings. The number of morpholine rings is 1. The van der Waals surface area contributed by atoms with Gasteiger partial charge in [0.2, 0.25) is 10.0 Å². The first-order chi connectivity index (χ1) is 9.64. The summed E-state index contributed by atoms with van der Waals surface area (Å²) in [4.78, 5) is 11.1. The van der Waals surface area contributed by atoms with Gasteiger partial charge in [0.25, 0.3) is 0 Å². The summed E-state index contributed by atoms with van der Waals surface area (Å²) in [5.74, 6) is -1.12. The van der Waals surface area contributed by atoms with Crippen molar-refractivity contribution in [2.75, 3.05) is 13.1 Å². The first-order valence-corrected chi connectivity index (χ1v) is 8.07. The van der Waals surface area contributed by atoms with E-state index in [0.29, 0.717) is 0 Å². The van der Waals surface area contributed by atoms with Crippen LogP contribution in [0.25, 0.3) is 0 Å². The quantitative estimate of drug-likeness (QED) is 0.905. The maximum Gasteiger partial charge on any atom is 0.340 e. The van der Waals surface area contributed by atoms with Gasteiger partial charge in [-0.3, -0.25) is 0 Å². The molecule has 118 valence electrons. The first-order valence-electron chi connectivity index (χ1n) is 6.63. The molecule has 2 heterocycles. The van der Waals surface area contributed by atoms with E-state index in [-0.39, 0.29) is 47.3 Å². The molecule has 2 atom stereocenters. The Morgan fingerprint density at radius 1 is 1.19 bits per heavy atom. The van der Waals surface area contributed by atoms with Gasteiger partial charge >= 0.3 is 5.97 Å². The number of carbonyl (C=O) groups is 1. The predicted molar refractivity (Wildman–Crippen MR) is 73.9 cm³/mol. The van der Waals surface area contributed by atoms with Crippen molar-refractivity contribution in [3.63, 3.8) is 0 Å². The molecule has 7 nitrogen and oxygen atoms in total. The van der Waals surface area contributed by atoms with E-state index in [4.69, 9.17) is 9.15 Å². The minimum Gasteiger partial charge on any atom is -0.478 e. The summed E-state index contributed by atoms with van der Waals surface area (Å²) in [5, 5.41) is 9.26. The van der Waals surface area contributed by atoms with Crippen LogP contribution in [0, 0.1) is 13.8 Å². The number of nitrogens with zero attached hydrogens (tertiary/aromatic N) is 1. The van der Waals surface area contributed by atoms with Crippen LogP contribution < -0.4 is 0 Å². The smallest absolute Gasteiger partial charge is 0.340 e. The summed E-state index contributed by atoms with van der Waals surface area (Å²) in [5.41, 5.74) is -0.292. The van der Waals surface area contributed by atoms with Crippen LogP contribution in [0.15, 0.2) is 9.31 Å². The lowest BCUT2D eigenvalue weighted by molar-refractivity contribution is -0.0441. The molecule has 2 rings (SSSR count). The standard InChI is InChI=1S/C13H19NO6S/c1-7-5-14(6-8(2)19-7)21(17,18)12-10(4)20-9(3)11(12)13(15)16/h7-8H,5-6H2,1-4H3,(H,15,16). The number of sulfonamides is 1. The third-order valence-electron chi connectivity index (χ3n) is 3.40. The Morgan fingerprint density at radius 2 is 1.71 bits per heavy atom. The zero-order valence-electron chi connectivity index (χ0n) is 12.4. The van der Waals surface area contributed by atoms with Crippen molar-refractivity contribution in [1.29, 1.82) is 0 Å². The van der Waals surface area contributed by atoms with E-state index in [1.54, 1.807) is 13.8 Å². The highest BCUT2D eigenvalue weighted by Gasteiger charge is 2.38. The number of ether oxygens (including phenoxy) is 1. The molecule has 0 amide bonds. The molecular formula is C13H19NO6S. The van der Waals surface area contributed by atoms with E-state index in [1.165, 1.54) is 18.2 Å². The molecule has 8 heteroatoms. The lowest BCUT2D eigenvalue weighted by Gasteiger charge is -2.34. The van der Waals surface area contributed by atoms with Gasteiger partial charge in [0.1, 0.15) is 22.0 Å². The lowest BCUT2D eigenvalue weighted by atomic mass is 10.2. The molecule has 1 saturated heterocycles. The molecule has 0 spiro atoms. The zero-order valence-corrected chi connectivity index (χ0v) is 13.2. The predicted octanol–water partition coefficient (Wildman–Crippen LogP) is 1.39. The van der Waals surface area contributed by atoms with E-state index in [0.717, 1.165) is 0 Å². The highest BCUT2D eigenvalue weighted by Crippen LogP contribution is 2.30. The lowest BCUT2D eigenvalue weighted by Crippen LogP contribution is -2.48. The summed E-state index contributed by atoms with van der Waals surface area (Å²) in [7, 11) is -3.93. The van der Waals surface area contributed by atoms with Crippen LogP contribution in [0.2, 0.25) is 0 Å². The molecule has 1 aliphatic heterocycles. The third-order valence-corrected chi connectivity index (χ3v) is 5.39. The van der Waals surface area contributed by atoms with Gasteiger partial charge in [-0.05, 0) is 27.7 Å².